The van der Waals surface area contributed by atoms with Gasteiger partial charge in [0, 0.05) is 18.1 Å². The first kappa shape index (κ1) is 12.5. The first-order chi connectivity index (χ1) is 9.69. The highest BCUT2D eigenvalue weighted by Crippen LogP contribution is 2.40. The molecule has 1 aromatic heterocycles. The maximum Gasteiger partial charge on any atom is 0.269 e. The first-order valence-corrected chi connectivity index (χ1v) is 6.31. The lowest BCUT2D eigenvalue weighted by molar-refractivity contribution is -0.384. The third-order valence-corrected chi connectivity index (χ3v) is 3.36. The number of carbonyl (C=O) groups excluding carboxylic acids is 1. The van der Waals surface area contributed by atoms with Gasteiger partial charge in [0.25, 0.3) is 5.69 Å². The Labute approximate surface area is 114 Å². The third kappa shape index (κ3) is 2.29. The fourth-order valence-corrected chi connectivity index (χ4v) is 2.21. The SMILES string of the molecule is O=Cc1nnn(Cc2ccc([N+](=O)[O-])cc2)c1C1CC1. The van der Waals surface area contributed by atoms with Crippen LogP contribution in [0.5, 0.6) is 0 Å². The Balaban J connectivity index is 1.85. The highest BCUT2D eigenvalue weighted by molar-refractivity contribution is 5.73. The van der Waals surface area contributed by atoms with Gasteiger partial charge in [0.15, 0.2) is 6.29 Å². The monoisotopic (exact) mass is 272 g/mol. The zero-order valence-electron chi connectivity index (χ0n) is 10.6. The second-order valence-electron chi connectivity index (χ2n) is 4.83. The Morgan fingerprint density at radius 2 is 2.05 bits per heavy atom. The minimum Gasteiger partial charge on any atom is -0.296 e. The van der Waals surface area contributed by atoms with Crippen LogP contribution in [0.1, 0.15) is 40.5 Å². The molecular formula is C13H12N4O3. The summed E-state index contributed by atoms with van der Waals surface area (Å²) in [6, 6.07) is 6.31. The molecule has 20 heavy (non-hydrogen) atoms. The van der Waals surface area contributed by atoms with Gasteiger partial charge >= 0.3 is 0 Å². The summed E-state index contributed by atoms with van der Waals surface area (Å²) >= 11 is 0. The maximum absolute atomic E-state index is 11.0. The molecule has 0 aliphatic heterocycles. The van der Waals surface area contributed by atoms with Gasteiger partial charge < -0.3 is 0 Å². The van der Waals surface area contributed by atoms with Crippen molar-refractivity contribution in [1.82, 2.24) is 15.0 Å². The zero-order chi connectivity index (χ0) is 14.1. The zero-order valence-corrected chi connectivity index (χ0v) is 10.6. The minimum atomic E-state index is -0.431. The van der Waals surface area contributed by atoms with Crippen molar-refractivity contribution in [2.75, 3.05) is 0 Å². The molecule has 1 saturated carbocycles. The number of hydrogen-bond donors (Lipinski definition) is 0. The average Bonchev–Trinajstić information content (AvgIpc) is 3.21. The van der Waals surface area contributed by atoms with Crippen LogP contribution in [0.4, 0.5) is 5.69 Å². The van der Waals surface area contributed by atoms with Gasteiger partial charge in [-0.05, 0) is 18.4 Å². The molecule has 1 aliphatic carbocycles. The van der Waals surface area contributed by atoms with Crippen molar-refractivity contribution < 1.29 is 9.72 Å². The van der Waals surface area contributed by atoms with E-state index in [1.807, 2.05) is 0 Å². The smallest absolute Gasteiger partial charge is 0.269 e. The number of aromatic nitrogens is 3. The second kappa shape index (κ2) is 4.84. The number of rotatable bonds is 5. The van der Waals surface area contributed by atoms with Gasteiger partial charge in [-0.25, -0.2) is 4.68 Å². The van der Waals surface area contributed by atoms with Crippen molar-refractivity contribution in [1.29, 1.82) is 0 Å². The Hall–Kier alpha value is -2.57. The van der Waals surface area contributed by atoms with E-state index in [9.17, 15) is 14.9 Å². The van der Waals surface area contributed by atoms with Crippen molar-refractivity contribution in [2.24, 2.45) is 0 Å². The maximum atomic E-state index is 11.0. The van der Waals surface area contributed by atoms with E-state index in [1.165, 1.54) is 12.1 Å². The molecule has 3 rings (SSSR count). The fourth-order valence-electron chi connectivity index (χ4n) is 2.21. The number of nitro groups is 1. The minimum absolute atomic E-state index is 0.0586. The van der Waals surface area contributed by atoms with E-state index in [1.54, 1.807) is 16.8 Å². The summed E-state index contributed by atoms with van der Waals surface area (Å²) in [7, 11) is 0. The standard InChI is InChI=1S/C13H12N4O3/c18-8-12-13(10-3-4-10)16(15-14-12)7-9-1-5-11(6-2-9)17(19)20/h1-2,5-6,8,10H,3-4,7H2. The quantitative estimate of drug-likeness (QED) is 0.471. The van der Waals surface area contributed by atoms with Crippen LogP contribution in [-0.2, 0) is 6.54 Å². The molecule has 0 bridgehead atoms. The summed E-state index contributed by atoms with van der Waals surface area (Å²) in [5.41, 5.74) is 2.22. The Morgan fingerprint density at radius 1 is 1.35 bits per heavy atom. The van der Waals surface area contributed by atoms with E-state index in [0.717, 1.165) is 30.4 Å². The number of aldehydes is 1. The van der Waals surface area contributed by atoms with E-state index >= 15 is 0 Å². The fraction of sp³-hybridized carbons (Fsp3) is 0.308. The molecule has 0 spiro atoms. The van der Waals surface area contributed by atoms with Crippen LogP contribution in [0.3, 0.4) is 0 Å². The molecule has 1 fully saturated rings. The molecule has 0 radical (unpaired) electrons. The van der Waals surface area contributed by atoms with Crippen LogP contribution in [0.2, 0.25) is 0 Å². The van der Waals surface area contributed by atoms with Gasteiger partial charge in [0.2, 0.25) is 0 Å². The van der Waals surface area contributed by atoms with Gasteiger partial charge in [-0.3, -0.25) is 14.9 Å². The Kier molecular flexibility index (Phi) is 3.02. The molecule has 0 N–H and O–H groups in total. The summed E-state index contributed by atoms with van der Waals surface area (Å²) in [6.07, 6.45) is 2.83. The summed E-state index contributed by atoms with van der Waals surface area (Å²) in [6.45, 7) is 0.463. The summed E-state index contributed by atoms with van der Waals surface area (Å²) in [5.74, 6) is 0.364. The summed E-state index contributed by atoms with van der Waals surface area (Å²) < 4.78 is 1.71. The second-order valence-corrected chi connectivity index (χ2v) is 4.83. The van der Waals surface area contributed by atoms with Crippen molar-refractivity contribution in [3.63, 3.8) is 0 Å². The van der Waals surface area contributed by atoms with Crippen molar-refractivity contribution in [2.45, 2.75) is 25.3 Å². The average molecular weight is 272 g/mol. The Bertz CT molecular complexity index is 659. The molecule has 1 aliphatic rings. The lowest BCUT2D eigenvalue weighted by Gasteiger charge is -2.05. The van der Waals surface area contributed by atoms with Gasteiger partial charge in [0.05, 0.1) is 17.2 Å². The van der Waals surface area contributed by atoms with Crippen molar-refractivity contribution >= 4 is 12.0 Å². The highest BCUT2D eigenvalue weighted by atomic mass is 16.6. The molecule has 0 amide bonds. The molecule has 0 unspecified atom stereocenters. The van der Waals surface area contributed by atoms with Gasteiger partial charge in [0.1, 0.15) is 5.69 Å². The van der Waals surface area contributed by atoms with Crippen LogP contribution in [0, 0.1) is 10.1 Å². The van der Waals surface area contributed by atoms with Gasteiger partial charge in [-0.1, -0.05) is 17.3 Å². The molecule has 0 atom stereocenters. The number of nitro benzene ring substituents is 1. The predicted octanol–water partition coefficient (Wildman–Crippen LogP) is 1.92. The first-order valence-electron chi connectivity index (χ1n) is 6.31. The summed E-state index contributed by atoms with van der Waals surface area (Å²) in [4.78, 5) is 21.1. The normalized spacial score (nSPS) is 14.2. The van der Waals surface area contributed by atoms with E-state index in [0.29, 0.717) is 18.2 Å². The molecule has 0 saturated heterocycles. The third-order valence-electron chi connectivity index (χ3n) is 3.36. The van der Waals surface area contributed by atoms with Crippen LogP contribution < -0.4 is 0 Å². The van der Waals surface area contributed by atoms with Crippen LogP contribution in [0.15, 0.2) is 24.3 Å². The lowest BCUT2D eigenvalue weighted by Crippen LogP contribution is -2.06. The number of carbonyl (C=O) groups is 1. The summed E-state index contributed by atoms with van der Waals surface area (Å²) in [5, 5.41) is 18.5. The predicted molar refractivity (Wildman–Crippen MR) is 69.6 cm³/mol. The molecule has 7 heteroatoms. The van der Waals surface area contributed by atoms with E-state index in [2.05, 4.69) is 10.3 Å². The molecular weight excluding hydrogens is 260 g/mol. The number of hydrogen-bond acceptors (Lipinski definition) is 5. The number of non-ortho nitro benzene ring substituents is 1. The van der Waals surface area contributed by atoms with E-state index in [-0.39, 0.29) is 5.69 Å². The highest BCUT2D eigenvalue weighted by Gasteiger charge is 2.31. The van der Waals surface area contributed by atoms with Crippen LogP contribution in [-0.4, -0.2) is 26.2 Å². The van der Waals surface area contributed by atoms with Gasteiger partial charge in [-0.15, -0.1) is 5.10 Å². The van der Waals surface area contributed by atoms with Gasteiger partial charge in [-0.2, -0.15) is 0 Å². The van der Waals surface area contributed by atoms with E-state index in [4.69, 9.17) is 0 Å². The largest absolute Gasteiger partial charge is 0.296 e. The lowest BCUT2D eigenvalue weighted by atomic mass is 10.2. The number of benzene rings is 1. The Morgan fingerprint density at radius 3 is 2.60 bits per heavy atom. The molecule has 102 valence electrons. The van der Waals surface area contributed by atoms with Crippen molar-refractivity contribution in [3.8, 4) is 0 Å². The van der Waals surface area contributed by atoms with Crippen LogP contribution in [0.25, 0.3) is 0 Å². The topological polar surface area (TPSA) is 90.9 Å². The number of nitrogens with zero attached hydrogens (tertiary/aromatic N) is 4. The molecule has 1 aromatic carbocycles. The van der Waals surface area contributed by atoms with Crippen molar-refractivity contribution in [3.05, 3.63) is 51.3 Å². The van der Waals surface area contributed by atoms with E-state index < -0.39 is 4.92 Å². The molecule has 1 heterocycles. The molecule has 7 nitrogen and oxygen atoms in total. The molecule has 2 aromatic rings. The van der Waals surface area contributed by atoms with Crippen LogP contribution >= 0.6 is 0 Å².